The number of hydrogen-bond acceptors (Lipinski definition) is 3. The summed E-state index contributed by atoms with van der Waals surface area (Å²) >= 11 is 0. The van der Waals surface area contributed by atoms with Crippen LogP contribution in [-0.2, 0) is 0 Å². The van der Waals surface area contributed by atoms with Crippen LogP contribution in [0.4, 0.5) is 10.1 Å². The minimum Gasteiger partial charge on any atom is -0.489 e. The summed E-state index contributed by atoms with van der Waals surface area (Å²) in [6.45, 7) is 3.81. The van der Waals surface area contributed by atoms with E-state index in [4.69, 9.17) is 10.5 Å². The van der Waals surface area contributed by atoms with Gasteiger partial charge in [0.05, 0.1) is 23.0 Å². The second-order valence-electron chi connectivity index (χ2n) is 6.06. The predicted molar refractivity (Wildman–Crippen MR) is 97.3 cm³/mol. The largest absolute Gasteiger partial charge is 0.489 e. The van der Waals surface area contributed by atoms with Gasteiger partial charge in [0.25, 0.3) is 5.91 Å². The van der Waals surface area contributed by atoms with Crippen LogP contribution in [0.25, 0.3) is 22.2 Å². The van der Waals surface area contributed by atoms with Crippen molar-refractivity contribution in [2.75, 3.05) is 12.8 Å². The van der Waals surface area contributed by atoms with Gasteiger partial charge in [-0.3, -0.25) is 4.79 Å². The van der Waals surface area contributed by atoms with Crippen molar-refractivity contribution in [3.8, 4) is 17.0 Å². The number of ether oxygens (including phenoxy) is 1. The molecule has 0 saturated heterocycles. The molecule has 25 heavy (non-hydrogen) atoms. The van der Waals surface area contributed by atoms with Crippen LogP contribution < -0.4 is 15.8 Å². The molecule has 1 heterocycles. The molecule has 0 bridgehead atoms. The molecule has 0 radical (unpaired) electrons. The average molecular weight is 341 g/mol. The van der Waals surface area contributed by atoms with E-state index in [0.717, 1.165) is 0 Å². The molecule has 0 aliphatic rings. The zero-order chi connectivity index (χ0) is 18.1. The zero-order valence-corrected chi connectivity index (χ0v) is 14.3. The normalized spacial score (nSPS) is 11.1. The van der Waals surface area contributed by atoms with Crippen molar-refractivity contribution in [3.63, 3.8) is 0 Å². The van der Waals surface area contributed by atoms with Crippen LogP contribution in [0.15, 0.2) is 36.4 Å². The van der Waals surface area contributed by atoms with Gasteiger partial charge in [0.15, 0.2) is 0 Å². The van der Waals surface area contributed by atoms with E-state index in [1.807, 2.05) is 13.8 Å². The topological polar surface area (TPSA) is 80.1 Å². The van der Waals surface area contributed by atoms with Crippen molar-refractivity contribution >= 4 is 22.5 Å². The van der Waals surface area contributed by atoms with E-state index in [0.29, 0.717) is 39.2 Å². The Morgan fingerprint density at radius 2 is 1.92 bits per heavy atom. The number of fused-ring (bicyclic) bond motifs is 1. The molecule has 3 aromatic rings. The number of carbonyl (C=O) groups is 1. The molecular weight excluding hydrogens is 321 g/mol. The van der Waals surface area contributed by atoms with E-state index in [9.17, 15) is 9.18 Å². The Bertz CT molecular complexity index is 930. The number of benzene rings is 2. The summed E-state index contributed by atoms with van der Waals surface area (Å²) in [5.41, 5.74) is 9.05. The SMILES string of the molecule is CNC(=O)c1c(-c2ccc(F)cc2)[nH]c2cc(N)c(OC(C)C)cc12. The van der Waals surface area contributed by atoms with Gasteiger partial charge in [0.1, 0.15) is 11.6 Å². The van der Waals surface area contributed by atoms with Crippen LogP contribution in [0.3, 0.4) is 0 Å². The number of amides is 1. The first-order chi connectivity index (χ1) is 11.9. The van der Waals surface area contributed by atoms with Crippen LogP contribution >= 0.6 is 0 Å². The summed E-state index contributed by atoms with van der Waals surface area (Å²) < 4.78 is 19.0. The standard InChI is InChI=1S/C19H20FN3O2/c1-10(2)25-16-8-13-15(9-14(16)21)23-18(17(13)19(24)22-3)11-4-6-12(20)7-5-11/h4-10,23H,21H2,1-3H3,(H,22,24). The van der Waals surface area contributed by atoms with Gasteiger partial charge in [0, 0.05) is 18.0 Å². The lowest BCUT2D eigenvalue weighted by molar-refractivity contribution is 0.0965. The number of anilines is 1. The Balaban J connectivity index is 2.26. The summed E-state index contributed by atoms with van der Waals surface area (Å²) in [5, 5.41) is 3.35. The number of rotatable bonds is 4. The first kappa shape index (κ1) is 16.8. The number of H-pyrrole nitrogens is 1. The highest BCUT2D eigenvalue weighted by Gasteiger charge is 2.20. The second kappa shape index (κ2) is 6.47. The van der Waals surface area contributed by atoms with Crippen molar-refractivity contribution in [3.05, 3.63) is 47.8 Å². The molecule has 0 atom stereocenters. The fourth-order valence-corrected chi connectivity index (χ4v) is 2.79. The molecule has 0 fully saturated rings. The molecule has 3 rings (SSSR count). The van der Waals surface area contributed by atoms with Gasteiger partial charge >= 0.3 is 0 Å². The fourth-order valence-electron chi connectivity index (χ4n) is 2.79. The number of aromatic amines is 1. The number of aromatic nitrogens is 1. The van der Waals surface area contributed by atoms with Crippen molar-refractivity contribution in [2.24, 2.45) is 0 Å². The Kier molecular flexibility index (Phi) is 4.35. The van der Waals surface area contributed by atoms with Crippen LogP contribution in [-0.4, -0.2) is 24.0 Å². The highest BCUT2D eigenvalue weighted by Crippen LogP contribution is 2.36. The van der Waals surface area contributed by atoms with Gasteiger partial charge < -0.3 is 20.8 Å². The van der Waals surface area contributed by atoms with Crippen LogP contribution in [0, 0.1) is 5.82 Å². The van der Waals surface area contributed by atoms with Gasteiger partial charge in [-0.05, 0) is 55.8 Å². The number of nitrogens with one attached hydrogen (secondary N) is 2. The molecule has 0 saturated carbocycles. The quantitative estimate of drug-likeness (QED) is 0.633. The highest BCUT2D eigenvalue weighted by atomic mass is 19.1. The van der Waals surface area contributed by atoms with E-state index in [1.165, 1.54) is 12.1 Å². The third-order valence-corrected chi connectivity index (χ3v) is 3.88. The number of nitrogen functional groups attached to an aromatic ring is 1. The lowest BCUT2D eigenvalue weighted by Crippen LogP contribution is -2.18. The minimum absolute atomic E-state index is 0.0429. The molecule has 5 nitrogen and oxygen atoms in total. The van der Waals surface area contributed by atoms with Crippen LogP contribution in [0.1, 0.15) is 24.2 Å². The number of nitrogens with two attached hydrogens (primary N) is 1. The summed E-state index contributed by atoms with van der Waals surface area (Å²) in [7, 11) is 1.57. The molecular formula is C19H20FN3O2. The zero-order valence-electron chi connectivity index (χ0n) is 14.3. The smallest absolute Gasteiger partial charge is 0.253 e. The van der Waals surface area contributed by atoms with Crippen LogP contribution in [0.2, 0.25) is 0 Å². The monoisotopic (exact) mass is 341 g/mol. The van der Waals surface area contributed by atoms with E-state index in [2.05, 4.69) is 10.3 Å². The third kappa shape index (κ3) is 3.15. The number of halogens is 1. The van der Waals surface area contributed by atoms with Crippen LogP contribution in [0.5, 0.6) is 5.75 Å². The summed E-state index contributed by atoms with van der Waals surface area (Å²) in [6.07, 6.45) is -0.0429. The summed E-state index contributed by atoms with van der Waals surface area (Å²) in [4.78, 5) is 15.7. The number of carbonyl (C=O) groups excluding carboxylic acids is 1. The Labute approximate surface area is 145 Å². The molecule has 0 aliphatic carbocycles. The molecule has 4 N–H and O–H groups in total. The molecule has 130 valence electrons. The van der Waals surface area contributed by atoms with Gasteiger partial charge in [0.2, 0.25) is 0 Å². The van der Waals surface area contributed by atoms with Gasteiger partial charge in [-0.25, -0.2) is 4.39 Å². The van der Waals surface area contributed by atoms with E-state index in [1.54, 1.807) is 31.3 Å². The predicted octanol–water partition coefficient (Wildman–Crippen LogP) is 3.70. The maximum absolute atomic E-state index is 13.2. The van der Waals surface area contributed by atoms with E-state index in [-0.39, 0.29) is 17.8 Å². The van der Waals surface area contributed by atoms with Gasteiger partial charge in [-0.15, -0.1) is 0 Å². The second-order valence-corrected chi connectivity index (χ2v) is 6.06. The molecule has 0 spiro atoms. The Morgan fingerprint density at radius 1 is 1.24 bits per heavy atom. The molecule has 0 unspecified atom stereocenters. The molecule has 2 aromatic carbocycles. The summed E-state index contributed by atoms with van der Waals surface area (Å²) in [5.74, 6) is -0.0543. The van der Waals surface area contributed by atoms with E-state index >= 15 is 0 Å². The molecule has 6 heteroatoms. The molecule has 1 amide bonds. The maximum Gasteiger partial charge on any atom is 0.253 e. The Hall–Kier alpha value is -3.02. The lowest BCUT2D eigenvalue weighted by atomic mass is 10.0. The molecule has 1 aromatic heterocycles. The van der Waals surface area contributed by atoms with E-state index < -0.39 is 0 Å². The van der Waals surface area contributed by atoms with Gasteiger partial charge in [-0.2, -0.15) is 0 Å². The van der Waals surface area contributed by atoms with Gasteiger partial charge in [-0.1, -0.05) is 0 Å². The average Bonchev–Trinajstić information content (AvgIpc) is 2.93. The maximum atomic E-state index is 13.2. The van der Waals surface area contributed by atoms with Crippen molar-refractivity contribution < 1.29 is 13.9 Å². The minimum atomic E-state index is -0.335. The first-order valence-corrected chi connectivity index (χ1v) is 8.00. The molecule has 0 aliphatic heterocycles. The Morgan fingerprint density at radius 3 is 2.52 bits per heavy atom. The fraction of sp³-hybridized carbons (Fsp3) is 0.211. The first-order valence-electron chi connectivity index (χ1n) is 8.00. The highest BCUT2D eigenvalue weighted by molar-refractivity contribution is 6.13. The number of hydrogen-bond donors (Lipinski definition) is 3. The summed E-state index contributed by atoms with van der Waals surface area (Å²) in [6, 6.07) is 9.47. The third-order valence-electron chi connectivity index (χ3n) is 3.88. The van der Waals surface area contributed by atoms with Crippen molar-refractivity contribution in [2.45, 2.75) is 20.0 Å². The lowest BCUT2D eigenvalue weighted by Gasteiger charge is -2.12. The van der Waals surface area contributed by atoms with Crippen molar-refractivity contribution in [1.82, 2.24) is 10.3 Å². The van der Waals surface area contributed by atoms with Crippen molar-refractivity contribution in [1.29, 1.82) is 0 Å².